The summed E-state index contributed by atoms with van der Waals surface area (Å²) in [5.41, 5.74) is 0.905. The summed E-state index contributed by atoms with van der Waals surface area (Å²) in [5.74, 6) is 2.07. The largest absolute Gasteiger partial charge is 0.486 e. The zero-order valence-corrected chi connectivity index (χ0v) is 16.4. The summed E-state index contributed by atoms with van der Waals surface area (Å²) in [6.07, 6.45) is 0. The van der Waals surface area contributed by atoms with E-state index in [-0.39, 0.29) is 11.9 Å². The van der Waals surface area contributed by atoms with E-state index in [0.717, 1.165) is 11.5 Å². The Kier molecular flexibility index (Phi) is 5.54. The Morgan fingerprint density at radius 2 is 1.93 bits per heavy atom. The first-order valence-corrected chi connectivity index (χ1v) is 9.75. The molecule has 0 aliphatic carbocycles. The van der Waals surface area contributed by atoms with Gasteiger partial charge in [-0.3, -0.25) is 5.10 Å². The van der Waals surface area contributed by atoms with Gasteiger partial charge in [0.1, 0.15) is 12.4 Å². The summed E-state index contributed by atoms with van der Waals surface area (Å²) in [7, 11) is 0. The van der Waals surface area contributed by atoms with Crippen molar-refractivity contribution in [3.63, 3.8) is 0 Å². The van der Waals surface area contributed by atoms with E-state index in [1.54, 1.807) is 28.9 Å². The van der Waals surface area contributed by atoms with Crippen LogP contribution in [-0.2, 0) is 6.61 Å². The SMILES string of the molecule is C[C@H](Sc1n[nH]c(COc2ccc(Cl)cc2)n1)c1nnnn1-c1ccccc1. The van der Waals surface area contributed by atoms with Crippen LogP contribution in [0, 0.1) is 0 Å². The summed E-state index contributed by atoms with van der Waals surface area (Å²) >= 11 is 7.34. The molecule has 0 unspecified atom stereocenters. The quantitative estimate of drug-likeness (QED) is 0.459. The number of tetrazole rings is 1. The molecule has 0 saturated heterocycles. The Morgan fingerprint density at radius 3 is 2.71 bits per heavy atom. The Labute approximate surface area is 170 Å². The van der Waals surface area contributed by atoms with Gasteiger partial charge in [-0.1, -0.05) is 41.6 Å². The highest BCUT2D eigenvalue weighted by Gasteiger charge is 2.19. The third-order valence-corrected chi connectivity index (χ3v) is 5.05. The second-order valence-electron chi connectivity index (χ2n) is 5.85. The number of thioether (sulfide) groups is 1. The number of halogens is 1. The third-order valence-electron chi connectivity index (χ3n) is 3.84. The molecule has 0 spiro atoms. The number of hydrogen-bond acceptors (Lipinski definition) is 7. The van der Waals surface area contributed by atoms with Crippen molar-refractivity contribution >= 4 is 23.4 Å². The molecule has 0 saturated carbocycles. The highest BCUT2D eigenvalue weighted by Crippen LogP contribution is 2.32. The van der Waals surface area contributed by atoms with Crippen molar-refractivity contribution in [1.29, 1.82) is 0 Å². The lowest BCUT2D eigenvalue weighted by Crippen LogP contribution is -2.05. The van der Waals surface area contributed by atoms with E-state index in [1.165, 1.54) is 11.8 Å². The van der Waals surface area contributed by atoms with Crippen LogP contribution >= 0.6 is 23.4 Å². The summed E-state index contributed by atoms with van der Waals surface area (Å²) in [6.45, 7) is 2.29. The van der Waals surface area contributed by atoms with E-state index in [2.05, 4.69) is 30.7 Å². The van der Waals surface area contributed by atoms with E-state index in [1.807, 2.05) is 37.3 Å². The molecular weight excluding hydrogens is 398 g/mol. The second-order valence-corrected chi connectivity index (χ2v) is 7.60. The fraction of sp³-hybridized carbons (Fsp3) is 0.167. The molecule has 10 heteroatoms. The van der Waals surface area contributed by atoms with Crippen LogP contribution in [0.5, 0.6) is 5.75 Å². The average molecular weight is 414 g/mol. The number of aromatic amines is 1. The maximum absolute atomic E-state index is 5.87. The van der Waals surface area contributed by atoms with Crippen LogP contribution in [0.4, 0.5) is 0 Å². The van der Waals surface area contributed by atoms with Crippen molar-refractivity contribution in [2.24, 2.45) is 0 Å². The van der Waals surface area contributed by atoms with Crippen LogP contribution in [0.1, 0.15) is 23.8 Å². The molecule has 0 aliphatic heterocycles. The molecular formula is C18H16ClN7OS. The van der Waals surface area contributed by atoms with Gasteiger partial charge in [-0.2, -0.15) is 4.68 Å². The van der Waals surface area contributed by atoms with Crippen molar-refractivity contribution in [3.05, 3.63) is 71.3 Å². The number of ether oxygens (including phenoxy) is 1. The van der Waals surface area contributed by atoms with Gasteiger partial charge in [-0.15, -0.1) is 10.2 Å². The minimum atomic E-state index is -0.0453. The highest BCUT2D eigenvalue weighted by atomic mass is 35.5. The monoisotopic (exact) mass is 413 g/mol. The van der Waals surface area contributed by atoms with Crippen LogP contribution in [0.3, 0.4) is 0 Å². The molecule has 142 valence electrons. The van der Waals surface area contributed by atoms with Crippen molar-refractivity contribution < 1.29 is 4.74 Å². The van der Waals surface area contributed by atoms with Gasteiger partial charge in [0.25, 0.3) is 0 Å². The minimum absolute atomic E-state index is 0.0453. The number of aromatic nitrogens is 7. The molecule has 0 bridgehead atoms. The topological polar surface area (TPSA) is 94.4 Å². The van der Waals surface area contributed by atoms with Gasteiger partial charge in [0.15, 0.2) is 11.6 Å². The molecule has 0 amide bonds. The van der Waals surface area contributed by atoms with E-state index in [0.29, 0.717) is 21.8 Å². The van der Waals surface area contributed by atoms with Crippen LogP contribution in [0.2, 0.25) is 5.02 Å². The summed E-state index contributed by atoms with van der Waals surface area (Å²) in [5, 5.41) is 20.4. The first-order valence-electron chi connectivity index (χ1n) is 8.49. The maximum atomic E-state index is 5.87. The molecule has 4 rings (SSSR count). The fourth-order valence-corrected chi connectivity index (χ4v) is 3.44. The molecule has 2 aromatic carbocycles. The Morgan fingerprint density at radius 1 is 1.14 bits per heavy atom. The molecule has 1 atom stereocenters. The molecule has 2 heterocycles. The Bertz CT molecular complexity index is 1040. The predicted molar refractivity (Wildman–Crippen MR) is 106 cm³/mol. The van der Waals surface area contributed by atoms with Crippen LogP contribution < -0.4 is 4.74 Å². The first-order chi connectivity index (χ1) is 13.7. The lowest BCUT2D eigenvalue weighted by atomic mass is 10.3. The number of H-pyrrole nitrogens is 1. The molecule has 1 N–H and O–H groups in total. The van der Waals surface area contributed by atoms with E-state index in [4.69, 9.17) is 16.3 Å². The normalized spacial score (nSPS) is 12.1. The van der Waals surface area contributed by atoms with Crippen LogP contribution in [0.15, 0.2) is 59.8 Å². The maximum Gasteiger partial charge on any atom is 0.209 e. The lowest BCUT2D eigenvalue weighted by Gasteiger charge is -2.09. The van der Waals surface area contributed by atoms with Gasteiger partial charge in [-0.25, -0.2) is 4.98 Å². The highest BCUT2D eigenvalue weighted by molar-refractivity contribution is 7.99. The number of hydrogen-bond donors (Lipinski definition) is 1. The minimum Gasteiger partial charge on any atom is -0.486 e. The molecule has 0 radical (unpaired) electrons. The zero-order chi connectivity index (χ0) is 19.3. The van der Waals surface area contributed by atoms with Gasteiger partial charge in [-0.05, 0) is 53.7 Å². The first kappa shape index (κ1) is 18.5. The number of nitrogens with zero attached hydrogens (tertiary/aromatic N) is 6. The third kappa shape index (κ3) is 4.32. The van der Waals surface area contributed by atoms with E-state index < -0.39 is 0 Å². The molecule has 0 aliphatic rings. The summed E-state index contributed by atoms with van der Waals surface area (Å²) in [6, 6.07) is 16.9. The smallest absolute Gasteiger partial charge is 0.209 e. The van der Waals surface area contributed by atoms with Gasteiger partial charge in [0.2, 0.25) is 5.16 Å². The lowest BCUT2D eigenvalue weighted by molar-refractivity contribution is 0.296. The average Bonchev–Trinajstić information content (AvgIpc) is 3.38. The summed E-state index contributed by atoms with van der Waals surface area (Å²) in [4.78, 5) is 4.46. The van der Waals surface area contributed by atoms with Crippen molar-refractivity contribution in [2.45, 2.75) is 23.9 Å². The van der Waals surface area contributed by atoms with Crippen molar-refractivity contribution in [3.8, 4) is 11.4 Å². The zero-order valence-electron chi connectivity index (χ0n) is 14.9. The molecule has 2 aromatic heterocycles. The molecule has 0 fully saturated rings. The van der Waals surface area contributed by atoms with Crippen LogP contribution in [-0.4, -0.2) is 35.4 Å². The van der Waals surface area contributed by atoms with Crippen LogP contribution in [0.25, 0.3) is 5.69 Å². The van der Waals surface area contributed by atoms with Gasteiger partial charge in [0, 0.05) is 5.02 Å². The van der Waals surface area contributed by atoms with Gasteiger partial charge < -0.3 is 4.74 Å². The molecule has 4 aromatic rings. The number of nitrogens with one attached hydrogen (secondary N) is 1. The standard InChI is InChI=1S/C18H16ClN7OS/c1-12(17-22-24-25-26(17)14-5-3-2-4-6-14)28-18-20-16(21-23-18)11-27-15-9-7-13(19)8-10-15/h2-10,12H,11H2,1H3,(H,20,21,23)/t12-/m0/s1. The van der Waals surface area contributed by atoms with Gasteiger partial charge >= 0.3 is 0 Å². The number of benzene rings is 2. The second kappa shape index (κ2) is 8.41. The number of para-hydroxylation sites is 1. The van der Waals surface area contributed by atoms with Crippen molar-refractivity contribution in [1.82, 2.24) is 35.4 Å². The molecule has 8 nitrogen and oxygen atoms in total. The fourth-order valence-electron chi connectivity index (χ4n) is 2.49. The van der Waals surface area contributed by atoms with Crippen molar-refractivity contribution in [2.75, 3.05) is 0 Å². The Hall–Kier alpha value is -2.91. The number of rotatable bonds is 7. The van der Waals surface area contributed by atoms with E-state index in [9.17, 15) is 0 Å². The van der Waals surface area contributed by atoms with Gasteiger partial charge in [0.05, 0.1) is 10.9 Å². The molecule has 28 heavy (non-hydrogen) atoms. The van der Waals surface area contributed by atoms with E-state index >= 15 is 0 Å². The Balaban J connectivity index is 1.40. The predicted octanol–water partition coefficient (Wildman–Crippen LogP) is 3.87. The summed E-state index contributed by atoms with van der Waals surface area (Å²) < 4.78 is 7.39.